The molecule has 0 aromatic carbocycles. The maximum atomic E-state index is 14.2. The molecule has 2 N–H and O–H groups in total. The van der Waals surface area contributed by atoms with Crippen molar-refractivity contribution in [1.29, 1.82) is 0 Å². The van der Waals surface area contributed by atoms with Gasteiger partial charge >= 0.3 is 12.3 Å². The first-order valence-corrected chi connectivity index (χ1v) is 10.2. The summed E-state index contributed by atoms with van der Waals surface area (Å²) in [7, 11) is 3.05. The molecular formula is C19H19F5N5O2P. The number of fused-ring (bicyclic) bond motifs is 1. The maximum absolute atomic E-state index is 14.2. The minimum absolute atomic E-state index is 0.0427. The number of nitrogens with zero attached hydrogens (tertiary/aromatic N) is 3. The van der Waals surface area contributed by atoms with Crippen LogP contribution in [0.3, 0.4) is 0 Å². The van der Waals surface area contributed by atoms with E-state index in [0.29, 0.717) is 13.1 Å². The lowest BCUT2D eigenvalue weighted by Crippen LogP contribution is -2.33. The van der Waals surface area contributed by atoms with Crippen molar-refractivity contribution in [2.24, 2.45) is 0 Å². The van der Waals surface area contributed by atoms with Crippen LogP contribution in [0.1, 0.15) is 23.7 Å². The molecule has 4 heterocycles. The number of cyclic esters (lactones) is 1. The highest BCUT2D eigenvalue weighted by Gasteiger charge is 2.45. The van der Waals surface area contributed by atoms with Crippen molar-refractivity contribution in [2.75, 3.05) is 30.4 Å². The highest BCUT2D eigenvalue weighted by atomic mass is 31.0. The molecule has 0 bridgehead atoms. The number of likely N-dealkylation sites (N-methyl/N-ethyl adjacent to an activating group) is 1. The average Bonchev–Trinajstić information content (AvgIpc) is 3.20. The van der Waals surface area contributed by atoms with E-state index < -0.39 is 29.6 Å². The van der Waals surface area contributed by atoms with E-state index in [0.717, 1.165) is 18.6 Å². The van der Waals surface area contributed by atoms with Gasteiger partial charge in [-0.1, -0.05) is 9.24 Å². The monoisotopic (exact) mass is 475 g/mol. The topological polar surface area (TPSA) is 79.4 Å². The van der Waals surface area contributed by atoms with Crippen LogP contribution in [0.5, 0.6) is 0 Å². The molecule has 2 aliphatic rings. The summed E-state index contributed by atoms with van der Waals surface area (Å²) in [5.74, 6) is -0.142. The summed E-state index contributed by atoms with van der Waals surface area (Å²) >= 11 is 0. The van der Waals surface area contributed by atoms with Crippen LogP contribution in [-0.2, 0) is 10.9 Å². The Morgan fingerprint density at radius 2 is 2.03 bits per heavy atom. The Balaban J connectivity index is 1.88. The quantitative estimate of drug-likeness (QED) is 0.514. The fourth-order valence-electron chi connectivity index (χ4n) is 3.81. The number of nitrogens with one attached hydrogen (secondary N) is 2. The zero-order valence-corrected chi connectivity index (χ0v) is 17.9. The molecule has 2 aliphatic heterocycles. The number of pyridine rings is 2. The summed E-state index contributed by atoms with van der Waals surface area (Å²) in [5.41, 5.74) is -5.03. The number of halogens is 5. The Morgan fingerprint density at radius 3 is 2.66 bits per heavy atom. The van der Waals surface area contributed by atoms with Crippen LogP contribution in [0.4, 0.5) is 38.4 Å². The van der Waals surface area contributed by atoms with E-state index in [1.54, 1.807) is 11.9 Å². The van der Waals surface area contributed by atoms with Gasteiger partial charge < -0.3 is 15.0 Å². The standard InChI is InChI=1S/C19H19F5N5O2P/c1-25-10-3-5-29(8-10)13-7-9(18(20,21)22)6-12(27-13)11-2-4-26-16-14(11)15(19(23,24)32)31-17(30)28-16/h2,4,6-7,10,15,25H,3,5,8,32H2,1H3,(H,26,28,30)/t10-,15?/m0/s1. The van der Waals surface area contributed by atoms with E-state index in [9.17, 15) is 26.7 Å². The normalized spacial score (nSPS) is 21.2. The van der Waals surface area contributed by atoms with Crippen LogP contribution in [0.2, 0.25) is 0 Å². The zero-order chi connectivity index (χ0) is 23.3. The summed E-state index contributed by atoms with van der Waals surface area (Å²) < 4.78 is 74.3. The lowest BCUT2D eigenvalue weighted by atomic mass is 9.98. The van der Waals surface area contributed by atoms with E-state index in [1.165, 1.54) is 21.5 Å². The van der Waals surface area contributed by atoms with Crippen molar-refractivity contribution < 1.29 is 31.5 Å². The van der Waals surface area contributed by atoms with Gasteiger partial charge in [0.05, 0.1) is 16.8 Å². The van der Waals surface area contributed by atoms with Gasteiger partial charge in [-0.25, -0.2) is 14.8 Å². The summed E-state index contributed by atoms with van der Waals surface area (Å²) in [6.07, 6.45) is -5.97. The molecule has 7 nitrogen and oxygen atoms in total. The van der Waals surface area contributed by atoms with Crippen molar-refractivity contribution >= 4 is 27.0 Å². The van der Waals surface area contributed by atoms with Crippen LogP contribution in [0.15, 0.2) is 24.4 Å². The van der Waals surface area contributed by atoms with Crippen LogP contribution < -0.4 is 15.5 Å². The molecule has 3 atom stereocenters. The third kappa shape index (κ3) is 4.33. The van der Waals surface area contributed by atoms with Crippen molar-refractivity contribution in [3.8, 4) is 11.3 Å². The van der Waals surface area contributed by atoms with Gasteiger partial charge in [0, 0.05) is 30.9 Å². The molecule has 0 radical (unpaired) electrons. The van der Waals surface area contributed by atoms with Crippen LogP contribution >= 0.6 is 9.24 Å². The second kappa shape index (κ2) is 8.08. The number of anilines is 2. The highest BCUT2D eigenvalue weighted by Crippen LogP contribution is 2.48. The fraction of sp³-hybridized carbons (Fsp3) is 0.421. The number of alkyl halides is 5. The van der Waals surface area contributed by atoms with E-state index in [4.69, 9.17) is 4.74 Å². The van der Waals surface area contributed by atoms with Gasteiger partial charge in [-0.15, -0.1) is 0 Å². The fourth-order valence-corrected chi connectivity index (χ4v) is 4.04. The summed E-state index contributed by atoms with van der Waals surface area (Å²) in [5, 5.41) is 5.30. The van der Waals surface area contributed by atoms with Gasteiger partial charge in [0.15, 0.2) is 6.10 Å². The van der Waals surface area contributed by atoms with Gasteiger partial charge in [-0.05, 0) is 31.7 Å². The number of ether oxygens (including phenoxy) is 1. The molecule has 172 valence electrons. The van der Waals surface area contributed by atoms with Gasteiger partial charge in [0.1, 0.15) is 11.6 Å². The van der Waals surface area contributed by atoms with Gasteiger partial charge in [0.2, 0.25) is 0 Å². The predicted molar refractivity (Wildman–Crippen MR) is 110 cm³/mol. The van der Waals surface area contributed by atoms with Gasteiger partial charge in [-0.3, -0.25) is 5.32 Å². The lowest BCUT2D eigenvalue weighted by Gasteiger charge is -2.31. The highest BCUT2D eigenvalue weighted by molar-refractivity contribution is 7.18. The minimum Gasteiger partial charge on any atom is -0.434 e. The Kier molecular flexibility index (Phi) is 5.70. The smallest absolute Gasteiger partial charge is 0.416 e. The molecule has 1 saturated heterocycles. The Bertz CT molecular complexity index is 1050. The summed E-state index contributed by atoms with van der Waals surface area (Å²) in [6, 6.07) is 3.09. The van der Waals surface area contributed by atoms with Crippen LogP contribution in [0, 0.1) is 0 Å². The minimum atomic E-state index is -4.68. The van der Waals surface area contributed by atoms with Crippen molar-refractivity contribution in [3.05, 3.63) is 35.5 Å². The number of hydrogen-bond acceptors (Lipinski definition) is 6. The van der Waals surface area contributed by atoms with E-state index in [1.807, 2.05) is 0 Å². The molecule has 13 heteroatoms. The van der Waals surface area contributed by atoms with Gasteiger partial charge in [-0.2, -0.15) is 22.0 Å². The summed E-state index contributed by atoms with van der Waals surface area (Å²) in [6.45, 7) is 0.934. The molecule has 1 amide bonds. The van der Waals surface area contributed by atoms with Crippen LogP contribution in [-0.4, -0.2) is 47.9 Å². The molecule has 2 unspecified atom stereocenters. The number of rotatable bonds is 4. The predicted octanol–water partition coefficient (Wildman–Crippen LogP) is 4.03. The number of amides is 1. The first kappa shape index (κ1) is 22.6. The molecule has 0 aliphatic carbocycles. The first-order valence-electron chi connectivity index (χ1n) is 9.62. The maximum Gasteiger partial charge on any atom is 0.416 e. The number of aromatic nitrogens is 2. The SMILES string of the molecule is CN[C@H]1CCN(c2cc(C(F)(F)F)cc(-c3ccnc4c3C(C(F)(F)P)OC(=O)N4)n2)C1. The molecular weight excluding hydrogens is 456 g/mol. The lowest BCUT2D eigenvalue weighted by molar-refractivity contribution is -0.137. The Labute approximate surface area is 181 Å². The molecule has 1 fully saturated rings. The Morgan fingerprint density at radius 1 is 1.28 bits per heavy atom. The largest absolute Gasteiger partial charge is 0.434 e. The third-order valence-corrected chi connectivity index (χ3v) is 5.69. The first-order chi connectivity index (χ1) is 15.0. The molecule has 32 heavy (non-hydrogen) atoms. The average molecular weight is 475 g/mol. The second-order valence-corrected chi connectivity index (χ2v) is 8.29. The van der Waals surface area contributed by atoms with Crippen molar-refractivity contribution in [3.63, 3.8) is 0 Å². The van der Waals surface area contributed by atoms with Crippen molar-refractivity contribution in [1.82, 2.24) is 15.3 Å². The number of hydrogen-bond donors (Lipinski definition) is 2. The molecule has 0 saturated carbocycles. The van der Waals surface area contributed by atoms with E-state index >= 15 is 0 Å². The molecule has 0 spiro atoms. The summed E-state index contributed by atoms with van der Waals surface area (Å²) in [4.78, 5) is 21.7. The zero-order valence-electron chi connectivity index (χ0n) is 16.7. The third-order valence-electron chi connectivity index (χ3n) is 5.38. The molecule has 2 aromatic heterocycles. The molecule has 4 rings (SSSR count). The van der Waals surface area contributed by atoms with E-state index in [2.05, 4.69) is 20.6 Å². The van der Waals surface area contributed by atoms with Crippen molar-refractivity contribution in [2.45, 2.75) is 30.4 Å². The Hall–Kier alpha value is -2.59. The number of carbonyl (C=O) groups excluding carboxylic acids is 1. The van der Waals surface area contributed by atoms with E-state index in [-0.39, 0.29) is 34.5 Å². The van der Waals surface area contributed by atoms with Crippen LogP contribution in [0.25, 0.3) is 11.3 Å². The second-order valence-electron chi connectivity index (χ2n) is 7.52. The number of carbonyl (C=O) groups is 1. The van der Waals surface area contributed by atoms with Gasteiger partial charge in [0.25, 0.3) is 5.66 Å². The molecule has 2 aromatic rings.